The lowest BCUT2D eigenvalue weighted by Gasteiger charge is -2.04. The number of aromatic nitrogens is 2. The molecule has 0 aliphatic rings. The summed E-state index contributed by atoms with van der Waals surface area (Å²) in [6.45, 7) is 4.00. The summed E-state index contributed by atoms with van der Waals surface area (Å²) < 4.78 is 5.24. The molecule has 1 N–H and O–H groups in total. The molecule has 0 bridgehead atoms. The highest BCUT2D eigenvalue weighted by atomic mass is 16.5. The predicted molar refractivity (Wildman–Crippen MR) is 92.6 cm³/mol. The third-order valence-corrected chi connectivity index (χ3v) is 3.61. The zero-order valence-corrected chi connectivity index (χ0v) is 13.7. The Morgan fingerprint density at radius 2 is 1.83 bits per heavy atom. The number of rotatable bonds is 5. The minimum Gasteiger partial charge on any atom is -0.339 e. The molecule has 2 aromatic carbocycles. The highest BCUT2D eigenvalue weighted by Crippen LogP contribution is 2.17. The standard InChI is InChI=1S/C19H19N3O2/c1-13-5-3-7-15(11-13)19-21-18(24-22-19)10-9-17(23)20-16-8-4-6-14(2)12-16/h3-8,11-12H,9-10H2,1-2H3,(H,20,23). The summed E-state index contributed by atoms with van der Waals surface area (Å²) >= 11 is 0. The summed E-state index contributed by atoms with van der Waals surface area (Å²) in [5.74, 6) is 0.939. The zero-order valence-electron chi connectivity index (χ0n) is 13.7. The van der Waals surface area contributed by atoms with Gasteiger partial charge in [0, 0.05) is 24.1 Å². The quantitative estimate of drug-likeness (QED) is 0.773. The Kier molecular flexibility index (Phi) is 4.70. The van der Waals surface area contributed by atoms with Crippen LogP contribution in [0.3, 0.4) is 0 Å². The van der Waals surface area contributed by atoms with Crippen LogP contribution in [0.15, 0.2) is 53.1 Å². The third kappa shape index (κ3) is 4.07. The van der Waals surface area contributed by atoms with Crippen LogP contribution in [0.5, 0.6) is 0 Å². The summed E-state index contributed by atoms with van der Waals surface area (Å²) in [6, 6.07) is 15.6. The smallest absolute Gasteiger partial charge is 0.227 e. The van der Waals surface area contributed by atoms with Crippen LogP contribution in [-0.4, -0.2) is 16.0 Å². The molecular formula is C19H19N3O2. The number of nitrogens with zero attached hydrogens (tertiary/aromatic N) is 2. The molecule has 3 rings (SSSR count). The van der Waals surface area contributed by atoms with Crippen molar-refractivity contribution in [3.63, 3.8) is 0 Å². The number of aryl methyl sites for hydroxylation is 3. The van der Waals surface area contributed by atoms with Crippen LogP contribution < -0.4 is 5.32 Å². The topological polar surface area (TPSA) is 68.0 Å². The Morgan fingerprint density at radius 1 is 1.08 bits per heavy atom. The van der Waals surface area contributed by atoms with E-state index < -0.39 is 0 Å². The minimum atomic E-state index is -0.0732. The first-order valence-electron chi connectivity index (χ1n) is 7.86. The van der Waals surface area contributed by atoms with E-state index in [-0.39, 0.29) is 5.91 Å². The maximum atomic E-state index is 12.0. The summed E-state index contributed by atoms with van der Waals surface area (Å²) in [4.78, 5) is 16.4. The van der Waals surface area contributed by atoms with Gasteiger partial charge in [-0.15, -0.1) is 0 Å². The highest BCUT2D eigenvalue weighted by Gasteiger charge is 2.11. The molecule has 0 aliphatic carbocycles. The average molecular weight is 321 g/mol. The van der Waals surface area contributed by atoms with Gasteiger partial charge in [0.15, 0.2) is 0 Å². The maximum absolute atomic E-state index is 12.0. The van der Waals surface area contributed by atoms with Crippen molar-refractivity contribution in [3.8, 4) is 11.4 Å². The number of carbonyl (C=O) groups excluding carboxylic acids is 1. The monoisotopic (exact) mass is 321 g/mol. The second-order valence-electron chi connectivity index (χ2n) is 5.80. The van der Waals surface area contributed by atoms with Crippen LogP contribution in [-0.2, 0) is 11.2 Å². The molecule has 0 atom stereocenters. The molecule has 1 aromatic heterocycles. The molecule has 1 amide bonds. The Balaban J connectivity index is 1.58. The van der Waals surface area contributed by atoms with Gasteiger partial charge in [-0.25, -0.2) is 0 Å². The molecule has 1 heterocycles. The number of nitrogens with one attached hydrogen (secondary N) is 1. The largest absolute Gasteiger partial charge is 0.339 e. The van der Waals surface area contributed by atoms with Gasteiger partial charge in [-0.3, -0.25) is 4.79 Å². The molecule has 122 valence electrons. The fraction of sp³-hybridized carbons (Fsp3) is 0.211. The number of amides is 1. The lowest BCUT2D eigenvalue weighted by Crippen LogP contribution is -2.12. The number of hydrogen-bond acceptors (Lipinski definition) is 4. The lowest BCUT2D eigenvalue weighted by molar-refractivity contribution is -0.116. The summed E-state index contributed by atoms with van der Waals surface area (Å²) in [7, 11) is 0. The van der Waals surface area contributed by atoms with E-state index in [1.807, 2.05) is 62.4 Å². The molecular weight excluding hydrogens is 302 g/mol. The summed E-state index contributed by atoms with van der Waals surface area (Å²) in [5, 5.41) is 6.85. The first-order valence-corrected chi connectivity index (χ1v) is 7.86. The van der Waals surface area contributed by atoms with Gasteiger partial charge in [-0.2, -0.15) is 4.98 Å². The van der Waals surface area contributed by atoms with Gasteiger partial charge in [-0.05, 0) is 37.6 Å². The minimum absolute atomic E-state index is 0.0732. The van der Waals surface area contributed by atoms with Crippen molar-refractivity contribution >= 4 is 11.6 Å². The summed E-state index contributed by atoms with van der Waals surface area (Å²) in [5.41, 5.74) is 3.95. The van der Waals surface area contributed by atoms with Crippen molar-refractivity contribution in [1.29, 1.82) is 0 Å². The Labute approximate surface area is 140 Å². The Morgan fingerprint density at radius 3 is 2.58 bits per heavy atom. The molecule has 0 saturated carbocycles. The lowest BCUT2D eigenvalue weighted by atomic mass is 10.1. The second kappa shape index (κ2) is 7.08. The highest BCUT2D eigenvalue weighted by molar-refractivity contribution is 5.90. The van der Waals surface area contributed by atoms with Gasteiger partial charge < -0.3 is 9.84 Å². The van der Waals surface area contributed by atoms with Crippen LogP contribution >= 0.6 is 0 Å². The van der Waals surface area contributed by atoms with Crippen molar-refractivity contribution in [3.05, 3.63) is 65.5 Å². The van der Waals surface area contributed by atoms with E-state index in [1.165, 1.54) is 0 Å². The zero-order chi connectivity index (χ0) is 16.9. The molecule has 3 aromatic rings. The predicted octanol–water partition coefficient (Wildman–Crippen LogP) is 3.92. The van der Waals surface area contributed by atoms with E-state index in [4.69, 9.17) is 4.52 Å². The van der Waals surface area contributed by atoms with E-state index in [9.17, 15) is 4.79 Å². The first-order chi connectivity index (χ1) is 11.6. The van der Waals surface area contributed by atoms with Gasteiger partial charge >= 0.3 is 0 Å². The average Bonchev–Trinajstić information content (AvgIpc) is 3.02. The van der Waals surface area contributed by atoms with Crippen molar-refractivity contribution in [2.45, 2.75) is 26.7 Å². The van der Waals surface area contributed by atoms with Crippen LogP contribution in [0.25, 0.3) is 11.4 Å². The van der Waals surface area contributed by atoms with E-state index >= 15 is 0 Å². The number of anilines is 1. The van der Waals surface area contributed by atoms with E-state index in [0.717, 1.165) is 22.4 Å². The second-order valence-corrected chi connectivity index (χ2v) is 5.80. The van der Waals surface area contributed by atoms with Gasteiger partial charge in [-0.1, -0.05) is 41.1 Å². The van der Waals surface area contributed by atoms with Crippen molar-refractivity contribution < 1.29 is 9.32 Å². The molecule has 0 spiro atoms. The molecule has 0 radical (unpaired) electrons. The Hall–Kier alpha value is -2.95. The Bertz CT molecular complexity index is 855. The molecule has 5 heteroatoms. The third-order valence-electron chi connectivity index (χ3n) is 3.61. The van der Waals surface area contributed by atoms with Gasteiger partial charge in [0.2, 0.25) is 17.6 Å². The van der Waals surface area contributed by atoms with Gasteiger partial charge in [0.1, 0.15) is 0 Å². The molecule has 0 fully saturated rings. The molecule has 0 aliphatic heterocycles. The number of carbonyl (C=O) groups is 1. The van der Waals surface area contributed by atoms with Crippen LogP contribution in [0, 0.1) is 13.8 Å². The molecule has 24 heavy (non-hydrogen) atoms. The van der Waals surface area contributed by atoms with Gasteiger partial charge in [0.25, 0.3) is 0 Å². The van der Waals surface area contributed by atoms with E-state index in [0.29, 0.717) is 24.6 Å². The first kappa shape index (κ1) is 15.9. The summed E-state index contributed by atoms with van der Waals surface area (Å²) in [6.07, 6.45) is 0.708. The van der Waals surface area contributed by atoms with Crippen molar-refractivity contribution in [1.82, 2.24) is 10.1 Å². The SMILES string of the molecule is Cc1cccc(NC(=O)CCc2nc(-c3cccc(C)c3)no2)c1. The molecule has 0 unspecified atom stereocenters. The normalized spacial score (nSPS) is 10.6. The van der Waals surface area contributed by atoms with Crippen molar-refractivity contribution in [2.24, 2.45) is 0 Å². The van der Waals surface area contributed by atoms with E-state index in [1.54, 1.807) is 0 Å². The van der Waals surface area contributed by atoms with Crippen molar-refractivity contribution in [2.75, 3.05) is 5.32 Å². The van der Waals surface area contributed by atoms with E-state index in [2.05, 4.69) is 15.5 Å². The fourth-order valence-corrected chi connectivity index (χ4v) is 2.42. The molecule has 5 nitrogen and oxygen atoms in total. The van der Waals surface area contributed by atoms with Crippen LogP contribution in [0.1, 0.15) is 23.4 Å². The van der Waals surface area contributed by atoms with Crippen LogP contribution in [0.2, 0.25) is 0 Å². The number of benzene rings is 2. The number of hydrogen-bond donors (Lipinski definition) is 1. The maximum Gasteiger partial charge on any atom is 0.227 e. The van der Waals surface area contributed by atoms with Gasteiger partial charge in [0.05, 0.1) is 0 Å². The molecule has 0 saturated heterocycles. The fourth-order valence-electron chi connectivity index (χ4n) is 2.42. The van der Waals surface area contributed by atoms with Crippen LogP contribution in [0.4, 0.5) is 5.69 Å².